The summed E-state index contributed by atoms with van der Waals surface area (Å²) in [7, 11) is 1.84. The minimum Gasteiger partial charge on any atom is -0.378 e. The van der Waals surface area contributed by atoms with Crippen LogP contribution in [0.3, 0.4) is 0 Å². The number of fused-ring (bicyclic) bond motifs is 3. The topological polar surface area (TPSA) is 58.4 Å². The van der Waals surface area contributed by atoms with Crippen molar-refractivity contribution >= 4 is 11.6 Å². The third kappa shape index (κ3) is 3.03. The predicted molar refractivity (Wildman–Crippen MR) is 110 cm³/mol. The number of ether oxygens (including phenoxy) is 3. The fourth-order valence-electron chi connectivity index (χ4n) is 5.24. The lowest BCUT2D eigenvalue weighted by atomic mass is 9.77. The van der Waals surface area contributed by atoms with Crippen LogP contribution in [0.5, 0.6) is 0 Å². The van der Waals surface area contributed by atoms with Gasteiger partial charge in [-0.1, -0.05) is 25.1 Å². The molecule has 1 spiro atoms. The molecule has 3 aliphatic rings. The monoisotopic (exact) mass is 417 g/mol. The van der Waals surface area contributed by atoms with Crippen molar-refractivity contribution in [2.24, 2.45) is 0 Å². The maximum Gasteiger partial charge on any atom is 0.196 e. The third-order valence-electron chi connectivity index (χ3n) is 7.11. The molecule has 29 heavy (non-hydrogen) atoms. The Morgan fingerprint density at radius 3 is 2.52 bits per heavy atom. The Morgan fingerprint density at radius 1 is 1.14 bits per heavy atom. The van der Waals surface area contributed by atoms with E-state index in [0.717, 1.165) is 49.2 Å². The SMILES string of the molecule is CCC1(OC)CCC(c2nnc3n2-c2ccccc2CC2(OCCO2)C3Cl)CC1. The standard InChI is InChI=1S/C22H28ClN3O3/c1-3-21(27-2)10-8-15(9-11-21)19-24-25-20-18(23)22(28-12-13-29-22)14-16-6-4-5-7-17(16)26(19)20/h4-7,15,18H,3,8-14H2,1-2H3. The summed E-state index contributed by atoms with van der Waals surface area (Å²) in [6.45, 7) is 3.30. The van der Waals surface area contributed by atoms with E-state index in [4.69, 9.17) is 25.8 Å². The second-order valence-corrected chi connectivity index (χ2v) is 8.88. The number of nitrogens with zero attached hydrogens (tertiary/aromatic N) is 3. The number of methoxy groups -OCH3 is 1. The first-order valence-electron chi connectivity index (χ1n) is 10.6. The fraction of sp³-hybridized carbons (Fsp3) is 0.636. The number of para-hydroxylation sites is 1. The Hall–Kier alpha value is -1.47. The van der Waals surface area contributed by atoms with Gasteiger partial charge in [-0.2, -0.15) is 0 Å². The summed E-state index contributed by atoms with van der Waals surface area (Å²) in [5, 5.41) is 8.68. The lowest BCUT2D eigenvalue weighted by molar-refractivity contribution is -0.159. The summed E-state index contributed by atoms with van der Waals surface area (Å²) in [6, 6.07) is 8.35. The van der Waals surface area contributed by atoms with Gasteiger partial charge < -0.3 is 14.2 Å². The average molecular weight is 418 g/mol. The van der Waals surface area contributed by atoms with Gasteiger partial charge in [0, 0.05) is 19.4 Å². The highest BCUT2D eigenvalue weighted by atomic mass is 35.5. The molecule has 1 atom stereocenters. The molecule has 2 aromatic rings. The molecule has 1 aliphatic carbocycles. The summed E-state index contributed by atoms with van der Waals surface area (Å²) >= 11 is 6.95. The molecule has 1 aromatic carbocycles. The van der Waals surface area contributed by atoms with E-state index >= 15 is 0 Å². The van der Waals surface area contributed by atoms with Crippen LogP contribution in [-0.2, 0) is 20.6 Å². The lowest BCUT2D eigenvalue weighted by Gasteiger charge is -2.38. The first-order chi connectivity index (χ1) is 14.1. The Bertz CT molecular complexity index is 879. The minimum absolute atomic E-state index is 0.000646. The van der Waals surface area contributed by atoms with Crippen molar-refractivity contribution in [3.63, 3.8) is 0 Å². The Labute approximate surface area is 176 Å². The normalized spacial score (nSPS) is 30.7. The van der Waals surface area contributed by atoms with Crippen molar-refractivity contribution in [1.82, 2.24) is 14.8 Å². The Kier molecular flexibility index (Phi) is 4.93. The molecule has 3 heterocycles. The van der Waals surface area contributed by atoms with Gasteiger partial charge in [0.15, 0.2) is 11.6 Å². The highest BCUT2D eigenvalue weighted by Crippen LogP contribution is 2.47. The van der Waals surface area contributed by atoms with E-state index in [1.807, 2.05) is 7.11 Å². The molecule has 2 aliphatic heterocycles. The van der Waals surface area contributed by atoms with Crippen LogP contribution >= 0.6 is 11.6 Å². The van der Waals surface area contributed by atoms with E-state index in [-0.39, 0.29) is 5.60 Å². The van der Waals surface area contributed by atoms with Gasteiger partial charge in [0.25, 0.3) is 0 Å². The van der Waals surface area contributed by atoms with Crippen LogP contribution < -0.4 is 0 Å². The van der Waals surface area contributed by atoms with Crippen molar-refractivity contribution in [1.29, 1.82) is 0 Å². The average Bonchev–Trinajstić information content (AvgIpc) is 3.40. The molecule has 0 N–H and O–H groups in total. The molecule has 0 amide bonds. The number of hydrogen-bond acceptors (Lipinski definition) is 5. The van der Waals surface area contributed by atoms with Crippen LogP contribution in [-0.4, -0.2) is 46.5 Å². The molecule has 1 saturated carbocycles. The molecule has 2 fully saturated rings. The number of halogens is 1. The second-order valence-electron chi connectivity index (χ2n) is 8.44. The van der Waals surface area contributed by atoms with Gasteiger partial charge in [0.2, 0.25) is 0 Å². The van der Waals surface area contributed by atoms with Crippen LogP contribution in [0.1, 0.15) is 67.5 Å². The molecule has 156 valence electrons. The molecular formula is C22H28ClN3O3. The van der Waals surface area contributed by atoms with Gasteiger partial charge in [0.1, 0.15) is 11.2 Å². The Balaban J connectivity index is 1.57. The largest absolute Gasteiger partial charge is 0.378 e. The van der Waals surface area contributed by atoms with E-state index in [1.54, 1.807) is 0 Å². The smallest absolute Gasteiger partial charge is 0.196 e. The quantitative estimate of drug-likeness (QED) is 0.697. The van der Waals surface area contributed by atoms with Gasteiger partial charge in [-0.25, -0.2) is 0 Å². The molecule has 1 aromatic heterocycles. The van der Waals surface area contributed by atoms with Gasteiger partial charge in [-0.15, -0.1) is 21.8 Å². The lowest BCUT2D eigenvalue weighted by Crippen LogP contribution is -2.37. The van der Waals surface area contributed by atoms with Crippen molar-refractivity contribution in [2.75, 3.05) is 20.3 Å². The second kappa shape index (κ2) is 7.34. The molecule has 0 bridgehead atoms. The van der Waals surface area contributed by atoms with E-state index in [9.17, 15) is 0 Å². The minimum atomic E-state index is -0.879. The van der Waals surface area contributed by atoms with Crippen LogP contribution in [0.2, 0.25) is 0 Å². The van der Waals surface area contributed by atoms with Crippen LogP contribution in [0.4, 0.5) is 0 Å². The summed E-state index contributed by atoms with van der Waals surface area (Å²) in [4.78, 5) is 0. The fourth-order valence-corrected chi connectivity index (χ4v) is 5.58. The summed E-state index contributed by atoms with van der Waals surface area (Å²) in [5.41, 5.74) is 2.24. The molecular weight excluding hydrogens is 390 g/mol. The molecule has 6 nitrogen and oxygen atoms in total. The summed E-state index contributed by atoms with van der Waals surface area (Å²) in [5.74, 6) is 1.17. The summed E-state index contributed by atoms with van der Waals surface area (Å²) < 4.78 is 20.1. The van der Waals surface area contributed by atoms with Crippen molar-refractivity contribution in [2.45, 2.75) is 68.1 Å². The predicted octanol–water partition coefficient (Wildman–Crippen LogP) is 4.30. The highest BCUT2D eigenvalue weighted by molar-refractivity contribution is 6.21. The maximum absolute atomic E-state index is 6.95. The number of aromatic nitrogens is 3. The van der Waals surface area contributed by atoms with Crippen molar-refractivity contribution in [3.8, 4) is 5.69 Å². The zero-order valence-corrected chi connectivity index (χ0v) is 17.8. The van der Waals surface area contributed by atoms with Crippen LogP contribution in [0, 0.1) is 0 Å². The van der Waals surface area contributed by atoms with Gasteiger partial charge in [-0.3, -0.25) is 4.57 Å². The van der Waals surface area contributed by atoms with Crippen molar-refractivity contribution in [3.05, 3.63) is 41.5 Å². The zero-order valence-electron chi connectivity index (χ0n) is 17.1. The molecule has 5 rings (SSSR count). The first-order valence-corrected chi connectivity index (χ1v) is 11.1. The van der Waals surface area contributed by atoms with E-state index in [2.05, 4.69) is 46.0 Å². The number of alkyl halides is 1. The number of rotatable bonds is 3. The van der Waals surface area contributed by atoms with Gasteiger partial charge >= 0.3 is 0 Å². The van der Waals surface area contributed by atoms with E-state index in [0.29, 0.717) is 31.4 Å². The zero-order chi connectivity index (χ0) is 20.1. The van der Waals surface area contributed by atoms with E-state index < -0.39 is 11.2 Å². The maximum atomic E-state index is 6.95. The molecule has 0 radical (unpaired) electrons. The third-order valence-corrected chi connectivity index (χ3v) is 7.64. The van der Waals surface area contributed by atoms with Gasteiger partial charge in [0.05, 0.1) is 24.5 Å². The highest BCUT2D eigenvalue weighted by Gasteiger charge is 2.50. The van der Waals surface area contributed by atoms with Gasteiger partial charge in [-0.05, 0) is 43.7 Å². The van der Waals surface area contributed by atoms with Crippen molar-refractivity contribution < 1.29 is 14.2 Å². The number of hydrogen-bond donors (Lipinski definition) is 0. The van der Waals surface area contributed by atoms with Crippen LogP contribution in [0.15, 0.2) is 24.3 Å². The van der Waals surface area contributed by atoms with Crippen LogP contribution in [0.25, 0.3) is 5.69 Å². The van der Waals surface area contributed by atoms with E-state index in [1.165, 1.54) is 0 Å². The molecule has 1 saturated heterocycles. The first kappa shape index (κ1) is 19.5. The molecule has 7 heteroatoms. The summed E-state index contributed by atoms with van der Waals surface area (Å²) in [6.07, 6.45) is 5.79. The molecule has 1 unspecified atom stereocenters. The number of benzene rings is 1. The Morgan fingerprint density at radius 2 is 1.83 bits per heavy atom.